The smallest absolute Gasteiger partial charge is 0.373 e. The fourth-order valence-corrected chi connectivity index (χ4v) is 3.13. The fraction of sp³-hybridized carbons (Fsp3) is 0.583. The summed E-state index contributed by atoms with van der Waals surface area (Å²) in [5.74, 6) is 0.325. The molecule has 0 spiro atoms. The number of nitrogens with zero attached hydrogens (tertiary/aromatic N) is 4. The Morgan fingerprint density at radius 2 is 2.25 bits per heavy atom. The highest BCUT2D eigenvalue weighted by Gasteiger charge is 2.30. The molecule has 1 N–H and O–H groups in total. The first-order valence-electron chi connectivity index (χ1n) is 6.61. The third-order valence-corrected chi connectivity index (χ3v) is 4.14. The van der Waals surface area contributed by atoms with E-state index >= 15 is 0 Å². The normalized spacial score (nSPS) is 11.4. The first-order valence-corrected chi connectivity index (χ1v) is 7.49. The minimum Gasteiger partial charge on any atom is -0.395 e. The molecular weight excluding hydrogens is 280 g/mol. The van der Waals surface area contributed by atoms with Gasteiger partial charge in [0.25, 0.3) is 4.96 Å². The zero-order chi connectivity index (χ0) is 14.7. The van der Waals surface area contributed by atoms with Crippen molar-refractivity contribution in [2.24, 2.45) is 0 Å². The summed E-state index contributed by atoms with van der Waals surface area (Å²) in [5, 5.41) is 22.4. The molecule has 8 heteroatoms. The Bertz CT molecular complexity index is 591. The van der Waals surface area contributed by atoms with Crippen molar-refractivity contribution in [3.63, 3.8) is 0 Å². The topological polar surface area (TPSA) is 83.9 Å². The number of aromatic nitrogens is 2. The zero-order valence-electron chi connectivity index (χ0n) is 11.5. The van der Waals surface area contributed by atoms with Crippen LogP contribution in [0.25, 0.3) is 4.96 Å². The van der Waals surface area contributed by atoms with Crippen LogP contribution in [0, 0.1) is 10.1 Å². The predicted molar refractivity (Wildman–Crippen MR) is 78.5 cm³/mol. The number of fused-ring (bicyclic) bond motifs is 1. The van der Waals surface area contributed by atoms with Crippen LogP contribution in [0.4, 0.5) is 11.6 Å². The van der Waals surface area contributed by atoms with Gasteiger partial charge in [-0.25, -0.2) is 0 Å². The number of nitro groups is 1. The molecule has 2 heterocycles. The summed E-state index contributed by atoms with van der Waals surface area (Å²) in [7, 11) is 0. The summed E-state index contributed by atoms with van der Waals surface area (Å²) in [5.41, 5.74) is 0. The van der Waals surface area contributed by atoms with E-state index in [4.69, 9.17) is 0 Å². The number of aliphatic hydroxyl groups is 1. The Labute approximate surface area is 120 Å². The van der Waals surface area contributed by atoms with Gasteiger partial charge < -0.3 is 20.1 Å². The van der Waals surface area contributed by atoms with Gasteiger partial charge >= 0.3 is 5.82 Å². The second kappa shape index (κ2) is 6.19. The lowest BCUT2D eigenvalue weighted by Crippen LogP contribution is -2.37. The minimum atomic E-state index is -0.408. The van der Waals surface area contributed by atoms with Gasteiger partial charge in [-0.05, 0) is 17.8 Å². The van der Waals surface area contributed by atoms with Crippen molar-refractivity contribution in [2.75, 3.05) is 18.1 Å². The number of hydrogen-bond donors (Lipinski definition) is 1. The maximum atomic E-state index is 11.4. The van der Waals surface area contributed by atoms with Crippen molar-refractivity contribution in [1.29, 1.82) is 0 Å². The standard InChI is InChI=1S/C12H18N4O3S/c1-3-9(4-2)14(5-7-17)10-11(16(18)19)15-6-8-20-12(15)13-10/h6,8-9,17H,3-5,7H2,1-2H3. The van der Waals surface area contributed by atoms with Crippen molar-refractivity contribution >= 4 is 27.9 Å². The summed E-state index contributed by atoms with van der Waals surface area (Å²) >= 11 is 1.36. The van der Waals surface area contributed by atoms with E-state index in [0.29, 0.717) is 17.3 Å². The number of anilines is 1. The molecule has 0 amide bonds. The summed E-state index contributed by atoms with van der Waals surface area (Å²) in [4.78, 5) is 17.8. The second-order valence-electron chi connectivity index (χ2n) is 4.46. The molecule has 2 aromatic heterocycles. The third-order valence-electron chi connectivity index (χ3n) is 3.39. The van der Waals surface area contributed by atoms with Gasteiger partial charge in [0.2, 0.25) is 5.82 Å². The van der Waals surface area contributed by atoms with E-state index in [0.717, 1.165) is 12.8 Å². The lowest BCUT2D eigenvalue weighted by molar-refractivity contribution is -0.389. The van der Waals surface area contributed by atoms with Crippen LogP contribution in [0.15, 0.2) is 11.6 Å². The maximum absolute atomic E-state index is 11.4. The molecule has 2 rings (SSSR count). The molecule has 0 aliphatic heterocycles. The molecular formula is C12H18N4O3S. The highest BCUT2D eigenvalue weighted by Crippen LogP contribution is 2.32. The van der Waals surface area contributed by atoms with Crippen LogP contribution in [0.1, 0.15) is 26.7 Å². The number of hydrogen-bond acceptors (Lipinski definition) is 6. The second-order valence-corrected chi connectivity index (χ2v) is 5.33. The van der Waals surface area contributed by atoms with Crippen LogP contribution in [-0.4, -0.2) is 38.6 Å². The first kappa shape index (κ1) is 14.7. The number of aliphatic hydroxyl groups excluding tert-OH is 1. The lowest BCUT2D eigenvalue weighted by atomic mass is 10.1. The van der Waals surface area contributed by atoms with Crippen LogP contribution in [-0.2, 0) is 0 Å². The quantitative estimate of drug-likeness (QED) is 0.626. The minimum absolute atomic E-state index is 0.0263. The number of thiazole rings is 1. The van der Waals surface area contributed by atoms with Gasteiger partial charge in [-0.3, -0.25) is 0 Å². The summed E-state index contributed by atoms with van der Waals surface area (Å²) in [6.45, 7) is 4.35. The molecule has 0 aromatic carbocycles. The van der Waals surface area contributed by atoms with E-state index in [-0.39, 0.29) is 18.5 Å². The summed E-state index contributed by atoms with van der Waals surface area (Å²) < 4.78 is 1.49. The maximum Gasteiger partial charge on any atom is 0.373 e. The van der Waals surface area contributed by atoms with Gasteiger partial charge in [-0.15, -0.1) is 0 Å². The average Bonchev–Trinajstić information content (AvgIpc) is 2.98. The van der Waals surface area contributed by atoms with E-state index < -0.39 is 4.92 Å². The Hall–Kier alpha value is -1.67. The highest BCUT2D eigenvalue weighted by atomic mass is 32.1. The van der Waals surface area contributed by atoms with E-state index in [1.54, 1.807) is 11.6 Å². The summed E-state index contributed by atoms with van der Waals surface area (Å²) in [6, 6.07) is 0.130. The average molecular weight is 298 g/mol. The fourth-order valence-electron chi connectivity index (χ4n) is 2.42. The molecule has 0 fully saturated rings. The first-order chi connectivity index (χ1) is 9.63. The zero-order valence-corrected chi connectivity index (χ0v) is 12.3. The van der Waals surface area contributed by atoms with Gasteiger partial charge in [0, 0.05) is 18.0 Å². The molecule has 0 unspecified atom stereocenters. The molecule has 0 aliphatic carbocycles. The molecule has 20 heavy (non-hydrogen) atoms. The molecule has 0 aliphatic rings. The van der Waals surface area contributed by atoms with E-state index in [1.807, 2.05) is 18.7 Å². The molecule has 110 valence electrons. The van der Waals surface area contributed by atoms with Gasteiger partial charge in [0.15, 0.2) is 0 Å². The molecule has 0 saturated carbocycles. The molecule has 0 bridgehead atoms. The summed E-state index contributed by atoms with van der Waals surface area (Å²) in [6.07, 6.45) is 3.34. The Balaban J connectivity index is 2.54. The third kappa shape index (κ3) is 2.48. The molecule has 2 aromatic rings. The van der Waals surface area contributed by atoms with E-state index in [2.05, 4.69) is 4.98 Å². The lowest BCUT2D eigenvalue weighted by Gasteiger charge is -2.29. The predicted octanol–water partition coefficient (Wildman–Crippen LogP) is 2.29. The SMILES string of the molecule is CCC(CC)N(CCO)c1nc2sccn2c1[N+](=O)[O-]. The van der Waals surface area contributed by atoms with Gasteiger partial charge in [0.1, 0.15) is 6.20 Å². The van der Waals surface area contributed by atoms with E-state index in [9.17, 15) is 15.2 Å². The molecule has 0 radical (unpaired) electrons. The van der Waals surface area contributed by atoms with Gasteiger partial charge in [-0.2, -0.15) is 9.38 Å². The molecule has 0 atom stereocenters. The highest BCUT2D eigenvalue weighted by molar-refractivity contribution is 7.15. The van der Waals surface area contributed by atoms with Crippen LogP contribution in [0.3, 0.4) is 0 Å². The van der Waals surface area contributed by atoms with Crippen molar-refractivity contribution in [2.45, 2.75) is 32.7 Å². The largest absolute Gasteiger partial charge is 0.395 e. The van der Waals surface area contributed by atoms with Crippen molar-refractivity contribution in [1.82, 2.24) is 9.38 Å². The Morgan fingerprint density at radius 1 is 1.55 bits per heavy atom. The van der Waals surface area contributed by atoms with Gasteiger partial charge in [0.05, 0.1) is 6.61 Å². The van der Waals surface area contributed by atoms with Crippen LogP contribution < -0.4 is 4.90 Å². The van der Waals surface area contributed by atoms with Crippen LogP contribution in [0.2, 0.25) is 0 Å². The number of imidazole rings is 1. The molecule has 0 saturated heterocycles. The molecule has 7 nitrogen and oxygen atoms in total. The van der Waals surface area contributed by atoms with Crippen LogP contribution in [0.5, 0.6) is 0 Å². The Kier molecular flexibility index (Phi) is 4.56. The van der Waals surface area contributed by atoms with E-state index in [1.165, 1.54) is 15.7 Å². The van der Waals surface area contributed by atoms with Crippen LogP contribution >= 0.6 is 11.3 Å². The van der Waals surface area contributed by atoms with Crippen molar-refractivity contribution in [3.05, 3.63) is 21.7 Å². The van der Waals surface area contributed by atoms with Gasteiger partial charge in [-0.1, -0.05) is 25.2 Å². The monoisotopic (exact) mass is 298 g/mol. The van der Waals surface area contributed by atoms with Crippen molar-refractivity contribution < 1.29 is 10.0 Å². The van der Waals surface area contributed by atoms with Crippen molar-refractivity contribution in [3.8, 4) is 0 Å². The number of rotatable bonds is 7. The Morgan fingerprint density at radius 3 is 2.80 bits per heavy atom.